The zero-order valence-corrected chi connectivity index (χ0v) is 31.3. The number of aliphatic carboxylic acids is 2. The number of rotatable bonds is 12. The lowest BCUT2D eigenvalue weighted by atomic mass is 9.96. The SMILES string of the molecule is N[C@@H](Cc1cc(-c2ccc(Cl)cc2Cl)cc(CP(=O)(O)O)c1O)C(=O)O.N[C@@H](Cc1cc(-c2ccc(Cl)cc2Cl)cc(CP(=O)(O)O)c1O)C(=O)O. The molecule has 0 heterocycles. The van der Waals surface area contributed by atoms with E-state index in [1.165, 1.54) is 36.4 Å². The van der Waals surface area contributed by atoms with Gasteiger partial charge in [0.05, 0.1) is 12.3 Å². The molecule has 0 saturated heterocycles. The number of hydrogen-bond donors (Lipinski definition) is 10. The Balaban J connectivity index is 0.000000280. The van der Waals surface area contributed by atoms with Crippen LogP contribution in [0, 0.1) is 0 Å². The lowest BCUT2D eigenvalue weighted by Crippen LogP contribution is -2.32. The average molecular weight is 840 g/mol. The van der Waals surface area contributed by atoms with E-state index in [-0.39, 0.29) is 35.1 Å². The van der Waals surface area contributed by atoms with Crippen LogP contribution in [-0.4, -0.2) is 64.0 Å². The second-order valence-electron chi connectivity index (χ2n) is 11.5. The van der Waals surface area contributed by atoms with Crippen molar-refractivity contribution in [1.29, 1.82) is 0 Å². The van der Waals surface area contributed by atoms with Crippen LogP contribution in [-0.2, 0) is 43.9 Å². The molecule has 0 saturated carbocycles. The molecule has 12 N–H and O–H groups in total. The molecule has 2 atom stereocenters. The molecule has 0 aliphatic heterocycles. The van der Waals surface area contributed by atoms with Gasteiger partial charge in [0.15, 0.2) is 0 Å². The van der Waals surface area contributed by atoms with Gasteiger partial charge < -0.3 is 51.5 Å². The third-order valence-electron chi connectivity index (χ3n) is 7.29. The smallest absolute Gasteiger partial charge is 0.330 e. The molecule has 0 bridgehead atoms. The molecule has 0 aliphatic carbocycles. The molecular weight excluding hydrogens is 808 g/mol. The zero-order valence-electron chi connectivity index (χ0n) is 26.5. The molecule has 52 heavy (non-hydrogen) atoms. The minimum Gasteiger partial charge on any atom is -0.507 e. The van der Waals surface area contributed by atoms with Crippen molar-refractivity contribution >= 4 is 73.5 Å². The summed E-state index contributed by atoms with van der Waals surface area (Å²) in [6, 6.07) is 12.5. The van der Waals surface area contributed by atoms with E-state index in [1.807, 2.05) is 0 Å². The highest BCUT2D eigenvalue weighted by atomic mass is 35.5. The molecule has 280 valence electrons. The number of carboxylic acid groups (broad SMARTS) is 2. The molecule has 14 nitrogen and oxygen atoms in total. The quantitative estimate of drug-likeness (QED) is 0.0733. The number of halogens is 4. The Labute approximate surface area is 316 Å². The fraction of sp³-hybridized carbons (Fsp3) is 0.188. The highest BCUT2D eigenvalue weighted by Crippen LogP contribution is 2.46. The predicted octanol–water partition coefficient (Wildman–Crippen LogP) is 6.00. The lowest BCUT2D eigenvalue weighted by Gasteiger charge is -2.16. The van der Waals surface area contributed by atoms with Crippen LogP contribution in [0.5, 0.6) is 11.5 Å². The Kier molecular flexibility index (Phi) is 14.7. The fourth-order valence-corrected chi connectivity index (χ4v) is 7.33. The van der Waals surface area contributed by atoms with Crippen molar-refractivity contribution in [2.45, 2.75) is 37.2 Å². The summed E-state index contributed by atoms with van der Waals surface area (Å²) < 4.78 is 22.8. The van der Waals surface area contributed by atoms with Crippen LogP contribution in [0.3, 0.4) is 0 Å². The largest absolute Gasteiger partial charge is 0.507 e. The van der Waals surface area contributed by atoms with E-state index in [9.17, 15) is 48.5 Å². The number of nitrogens with two attached hydrogens (primary N) is 2. The number of carboxylic acids is 2. The first-order valence-corrected chi connectivity index (χ1v) is 19.7. The van der Waals surface area contributed by atoms with Crippen LogP contribution in [0.4, 0.5) is 0 Å². The van der Waals surface area contributed by atoms with Gasteiger partial charge in [0.25, 0.3) is 0 Å². The van der Waals surface area contributed by atoms with Gasteiger partial charge >= 0.3 is 27.1 Å². The molecule has 0 radical (unpaired) electrons. The first-order chi connectivity index (χ1) is 24.0. The van der Waals surface area contributed by atoms with E-state index in [0.717, 1.165) is 0 Å². The summed E-state index contributed by atoms with van der Waals surface area (Å²) in [7, 11) is -8.96. The molecule has 4 aromatic rings. The second kappa shape index (κ2) is 17.7. The fourth-order valence-electron chi connectivity index (χ4n) is 4.92. The van der Waals surface area contributed by atoms with Crippen LogP contribution in [0.2, 0.25) is 20.1 Å². The number of hydrogen-bond acceptors (Lipinski definition) is 8. The first-order valence-electron chi connectivity index (χ1n) is 14.6. The number of benzene rings is 4. The van der Waals surface area contributed by atoms with Crippen molar-refractivity contribution in [3.8, 4) is 33.8 Å². The zero-order chi connectivity index (χ0) is 39.3. The van der Waals surface area contributed by atoms with Gasteiger partial charge in [-0.2, -0.15) is 0 Å². The van der Waals surface area contributed by atoms with Crippen molar-refractivity contribution < 1.29 is 58.7 Å². The number of phenols is 2. The molecule has 20 heteroatoms. The molecule has 0 aromatic heterocycles. The summed E-state index contributed by atoms with van der Waals surface area (Å²) in [5, 5.41) is 40.0. The van der Waals surface area contributed by atoms with E-state index >= 15 is 0 Å². The highest BCUT2D eigenvalue weighted by molar-refractivity contribution is 7.51. The second-order valence-corrected chi connectivity index (χ2v) is 16.5. The summed E-state index contributed by atoms with van der Waals surface area (Å²) in [6.07, 6.45) is -1.89. The van der Waals surface area contributed by atoms with Crippen LogP contribution in [0.25, 0.3) is 22.3 Å². The molecule has 4 aromatic carbocycles. The number of phenolic OH excluding ortho intramolecular Hbond substituents is 2. The predicted molar refractivity (Wildman–Crippen MR) is 197 cm³/mol. The molecule has 0 fully saturated rings. The van der Waals surface area contributed by atoms with Crippen LogP contribution in [0.15, 0.2) is 60.7 Å². The van der Waals surface area contributed by atoms with Gasteiger partial charge in [-0.05, 0) is 70.8 Å². The van der Waals surface area contributed by atoms with Crippen molar-refractivity contribution in [1.82, 2.24) is 0 Å². The maximum atomic E-state index is 11.4. The van der Waals surface area contributed by atoms with Crippen molar-refractivity contribution in [3.63, 3.8) is 0 Å². The Morgan fingerprint density at radius 2 is 0.885 bits per heavy atom. The monoisotopic (exact) mass is 838 g/mol. The Morgan fingerprint density at radius 1 is 0.577 bits per heavy atom. The van der Waals surface area contributed by atoms with E-state index < -0.39 is 63.0 Å². The Morgan fingerprint density at radius 3 is 1.15 bits per heavy atom. The van der Waals surface area contributed by atoms with Crippen LogP contribution >= 0.6 is 61.6 Å². The summed E-state index contributed by atoms with van der Waals surface area (Å²) >= 11 is 24.1. The van der Waals surface area contributed by atoms with E-state index in [0.29, 0.717) is 42.3 Å². The Hall–Kier alpha value is -3.20. The third-order valence-corrected chi connectivity index (χ3v) is 9.89. The van der Waals surface area contributed by atoms with Crippen LogP contribution < -0.4 is 11.5 Å². The first kappa shape index (κ1) is 43.2. The van der Waals surface area contributed by atoms with Crippen LogP contribution in [0.1, 0.15) is 22.3 Å². The summed E-state index contributed by atoms with van der Waals surface area (Å²) in [4.78, 5) is 59.0. The Bertz CT molecular complexity index is 1940. The lowest BCUT2D eigenvalue weighted by molar-refractivity contribution is -0.139. The van der Waals surface area contributed by atoms with E-state index in [4.69, 9.17) is 68.1 Å². The van der Waals surface area contributed by atoms with E-state index in [1.54, 1.807) is 24.3 Å². The van der Waals surface area contributed by atoms with Crippen molar-refractivity contribution in [3.05, 3.63) is 103 Å². The van der Waals surface area contributed by atoms with Crippen molar-refractivity contribution in [2.24, 2.45) is 11.5 Å². The molecular formula is C32H32Cl4N2O12P2. The minimum atomic E-state index is -4.48. The van der Waals surface area contributed by atoms with Crippen molar-refractivity contribution in [2.75, 3.05) is 0 Å². The molecule has 4 rings (SSSR count). The minimum absolute atomic E-state index is 0.0329. The summed E-state index contributed by atoms with van der Waals surface area (Å²) in [6.45, 7) is 0. The standard InChI is InChI=1S/2C16H16Cl2NO6P/c2*17-11-1-2-12(13(18)6-11)8-3-9(5-14(19)16(21)22)15(20)10(4-8)7-26(23,24)25/h2*1-4,6,14,20H,5,7,19H2,(H,21,22)(H2,23,24,25)/t2*14-/m00/s1. The molecule has 0 aliphatic rings. The maximum absolute atomic E-state index is 11.4. The van der Waals surface area contributed by atoms with Gasteiger partial charge in [0.1, 0.15) is 23.6 Å². The topological polar surface area (TPSA) is 282 Å². The molecule has 0 amide bonds. The molecule has 0 unspecified atom stereocenters. The van der Waals surface area contributed by atoms with E-state index in [2.05, 4.69) is 0 Å². The van der Waals surface area contributed by atoms with Gasteiger partial charge in [-0.25, -0.2) is 0 Å². The highest BCUT2D eigenvalue weighted by Gasteiger charge is 2.24. The number of carbonyl (C=O) groups is 2. The summed E-state index contributed by atoms with van der Waals surface area (Å²) in [5.74, 6) is -3.34. The van der Waals surface area contributed by atoms with Gasteiger partial charge in [-0.15, -0.1) is 0 Å². The number of aromatic hydroxyl groups is 2. The van der Waals surface area contributed by atoms with Gasteiger partial charge in [-0.1, -0.05) is 58.5 Å². The maximum Gasteiger partial charge on any atom is 0.330 e. The normalized spacial score (nSPS) is 12.8. The van der Waals surface area contributed by atoms with Gasteiger partial charge in [0, 0.05) is 55.2 Å². The van der Waals surface area contributed by atoms with Gasteiger partial charge in [-0.3, -0.25) is 18.7 Å². The average Bonchev–Trinajstić information content (AvgIpc) is 3.00. The third kappa shape index (κ3) is 12.4. The van der Waals surface area contributed by atoms with Gasteiger partial charge in [0.2, 0.25) is 0 Å². The molecule has 0 spiro atoms. The summed E-state index contributed by atoms with van der Waals surface area (Å²) in [5.41, 5.74) is 13.2.